The fourth-order valence-corrected chi connectivity index (χ4v) is 0.479. The molecule has 4 heteroatoms. The van der Waals surface area contributed by atoms with Gasteiger partial charge in [-0.25, -0.2) is 0 Å². The van der Waals surface area contributed by atoms with Gasteiger partial charge in [0, 0.05) is 0 Å². The second-order valence-corrected chi connectivity index (χ2v) is 2.23. The molecule has 0 aromatic carbocycles. The zero-order valence-corrected chi connectivity index (χ0v) is 5.11. The van der Waals surface area contributed by atoms with E-state index in [1.165, 1.54) is 0 Å². The molecule has 0 rings (SSSR count). The summed E-state index contributed by atoms with van der Waals surface area (Å²) in [6.45, 7) is 0. The third kappa shape index (κ3) is 2.70. The number of carbonyl (C=O) groups is 2. The van der Waals surface area contributed by atoms with E-state index in [4.69, 9.17) is 0 Å². The Balaban J connectivity index is 3.36. The maximum Gasteiger partial charge on any atom is 0.141 e. The van der Waals surface area contributed by atoms with Crippen molar-refractivity contribution in [2.24, 2.45) is 0 Å². The molecule has 0 fully saturated rings. The lowest BCUT2D eigenvalue weighted by molar-refractivity contribution is -0.113. The fourth-order valence-electron chi connectivity index (χ4n) is 0.0818. The summed E-state index contributed by atoms with van der Waals surface area (Å²) in [5.41, 5.74) is 0. The minimum absolute atomic E-state index is 0.546. The summed E-state index contributed by atoms with van der Waals surface area (Å²) >= 11 is 3.63. The van der Waals surface area contributed by atoms with Crippen molar-refractivity contribution in [1.29, 1.82) is 0 Å². The second kappa shape index (κ2) is 4.21. The van der Waals surface area contributed by atoms with Gasteiger partial charge in [0.25, 0.3) is 0 Å². The molecular formula is C3H4O2S2. The maximum atomic E-state index is 9.67. The van der Waals surface area contributed by atoms with Gasteiger partial charge in [0.15, 0.2) is 0 Å². The van der Waals surface area contributed by atoms with Crippen molar-refractivity contribution in [3.8, 4) is 0 Å². The molecule has 0 aromatic heterocycles. The molecule has 2 nitrogen and oxygen atoms in total. The van der Waals surface area contributed by atoms with Gasteiger partial charge >= 0.3 is 0 Å². The molecule has 0 amide bonds. The molecule has 0 aromatic rings. The van der Waals surface area contributed by atoms with Crippen molar-refractivity contribution in [2.75, 3.05) is 0 Å². The van der Waals surface area contributed by atoms with E-state index in [-0.39, 0.29) is 0 Å². The predicted molar refractivity (Wildman–Crippen MR) is 32.5 cm³/mol. The largest absolute Gasteiger partial charge is 0.302 e. The summed E-state index contributed by atoms with van der Waals surface area (Å²) < 4.78 is 0. The quantitative estimate of drug-likeness (QED) is 0.263. The van der Waals surface area contributed by atoms with Gasteiger partial charge in [-0.2, -0.15) is 0 Å². The van der Waals surface area contributed by atoms with Crippen LogP contribution >= 0.6 is 22.5 Å². The fraction of sp³-hybridized carbons (Fsp3) is 0.333. The minimum Gasteiger partial charge on any atom is -0.302 e. The molecule has 0 aliphatic heterocycles. The third-order valence-electron chi connectivity index (χ3n) is 0.390. The van der Waals surface area contributed by atoms with Crippen LogP contribution in [-0.2, 0) is 9.59 Å². The minimum atomic E-state index is -0.594. The Morgan fingerprint density at radius 1 is 1.43 bits per heavy atom. The molecule has 0 radical (unpaired) electrons. The van der Waals surface area contributed by atoms with E-state index < -0.39 is 5.25 Å². The SMILES string of the molecule is O=CC(C=O)SS. The highest BCUT2D eigenvalue weighted by Gasteiger charge is 1.99. The Labute approximate surface area is 50.5 Å². The monoisotopic (exact) mass is 136 g/mol. The van der Waals surface area contributed by atoms with Crippen LogP contribution in [0, 0.1) is 0 Å². The first-order valence-electron chi connectivity index (χ1n) is 1.56. The normalized spacial score (nSPS) is 8.86. The Bertz CT molecular complexity index is 65.3. The summed E-state index contributed by atoms with van der Waals surface area (Å²) in [6.07, 6.45) is 1.09. The topological polar surface area (TPSA) is 34.1 Å². The third-order valence-corrected chi connectivity index (χ3v) is 1.59. The van der Waals surface area contributed by atoms with Crippen LogP contribution in [0.4, 0.5) is 0 Å². The molecule has 0 aliphatic carbocycles. The first-order chi connectivity index (χ1) is 3.35. The number of hydrogen-bond acceptors (Lipinski definition) is 4. The Kier molecular flexibility index (Phi) is 4.23. The van der Waals surface area contributed by atoms with Gasteiger partial charge in [0.2, 0.25) is 0 Å². The van der Waals surface area contributed by atoms with Crippen molar-refractivity contribution >= 4 is 35.0 Å². The van der Waals surface area contributed by atoms with Crippen LogP contribution in [0.1, 0.15) is 0 Å². The molecular weight excluding hydrogens is 132 g/mol. The molecule has 40 valence electrons. The van der Waals surface area contributed by atoms with E-state index in [2.05, 4.69) is 11.7 Å². The van der Waals surface area contributed by atoms with Crippen molar-refractivity contribution < 1.29 is 9.59 Å². The molecule has 0 spiro atoms. The van der Waals surface area contributed by atoms with Gasteiger partial charge in [-0.05, 0) is 0 Å². The lowest BCUT2D eigenvalue weighted by atomic mass is 10.5. The predicted octanol–water partition coefficient (Wildman–Crippen LogP) is 0.331. The van der Waals surface area contributed by atoms with Crippen molar-refractivity contribution in [3.63, 3.8) is 0 Å². The van der Waals surface area contributed by atoms with Gasteiger partial charge in [-0.15, -0.1) is 11.7 Å². The number of rotatable bonds is 3. The summed E-state index contributed by atoms with van der Waals surface area (Å²) in [4.78, 5) is 19.3. The second-order valence-electron chi connectivity index (χ2n) is 0.842. The molecule has 0 N–H and O–H groups in total. The van der Waals surface area contributed by atoms with E-state index in [0.717, 1.165) is 10.8 Å². The standard InChI is InChI=1S/C3H4O2S2/c4-1-3(2-5)7-6/h1-3,6H. The summed E-state index contributed by atoms with van der Waals surface area (Å²) in [5.74, 6) is 0. The highest BCUT2D eigenvalue weighted by molar-refractivity contribution is 8.69. The van der Waals surface area contributed by atoms with Crippen LogP contribution in [0.25, 0.3) is 0 Å². The maximum absolute atomic E-state index is 9.67. The van der Waals surface area contributed by atoms with Crippen LogP contribution < -0.4 is 0 Å². The van der Waals surface area contributed by atoms with Crippen LogP contribution in [0.2, 0.25) is 0 Å². The molecule has 0 bridgehead atoms. The van der Waals surface area contributed by atoms with Gasteiger partial charge in [-0.3, -0.25) is 0 Å². The van der Waals surface area contributed by atoms with Crippen LogP contribution in [-0.4, -0.2) is 17.8 Å². The van der Waals surface area contributed by atoms with Crippen LogP contribution in [0.15, 0.2) is 0 Å². The van der Waals surface area contributed by atoms with E-state index in [0.29, 0.717) is 12.6 Å². The molecule has 0 heterocycles. The molecule has 0 saturated carbocycles. The molecule has 0 aliphatic rings. The van der Waals surface area contributed by atoms with Crippen molar-refractivity contribution in [2.45, 2.75) is 5.25 Å². The van der Waals surface area contributed by atoms with E-state index >= 15 is 0 Å². The lowest BCUT2D eigenvalue weighted by Gasteiger charge is -1.87. The number of hydrogen-bond donors (Lipinski definition) is 1. The average molecular weight is 136 g/mol. The van der Waals surface area contributed by atoms with Crippen LogP contribution in [0.3, 0.4) is 0 Å². The zero-order valence-electron chi connectivity index (χ0n) is 3.40. The van der Waals surface area contributed by atoms with Gasteiger partial charge in [0.05, 0.1) is 0 Å². The summed E-state index contributed by atoms with van der Waals surface area (Å²) in [5, 5.41) is -0.594. The molecule has 0 atom stereocenters. The van der Waals surface area contributed by atoms with Gasteiger partial charge in [0.1, 0.15) is 17.8 Å². The number of thiol groups is 1. The summed E-state index contributed by atoms with van der Waals surface area (Å²) in [7, 11) is 0.928. The first kappa shape index (κ1) is 7.04. The Morgan fingerprint density at radius 3 is 1.86 bits per heavy atom. The van der Waals surface area contributed by atoms with Crippen molar-refractivity contribution in [3.05, 3.63) is 0 Å². The highest BCUT2D eigenvalue weighted by atomic mass is 33.1. The van der Waals surface area contributed by atoms with E-state index in [1.807, 2.05) is 0 Å². The summed E-state index contributed by atoms with van der Waals surface area (Å²) in [6, 6.07) is 0. The average Bonchev–Trinajstić information content (AvgIpc) is 1.72. The van der Waals surface area contributed by atoms with E-state index in [1.54, 1.807) is 0 Å². The molecule has 0 saturated heterocycles. The Hall–Kier alpha value is 0.0400. The van der Waals surface area contributed by atoms with Gasteiger partial charge < -0.3 is 9.59 Å². The smallest absolute Gasteiger partial charge is 0.141 e. The molecule has 7 heavy (non-hydrogen) atoms. The first-order valence-corrected chi connectivity index (χ1v) is 3.49. The molecule has 0 unspecified atom stereocenters. The zero-order chi connectivity index (χ0) is 5.70. The lowest BCUT2D eigenvalue weighted by Crippen LogP contribution is -2.01. The van der Waals surface area contributed by atoms with Crippen molar-refractivity contribution in [1.82, 2.24) is 0 Å². The van der Waals surface area contributed by atoms with Crippen LogP contribution in [0.5, 0.6) is 0 Å². The van der Waals surface area contributed by atoms with Gasteiger partial charge in [-0.1, -0.05) is 10.8 Å². The highest BCUT2D eigenvalue weighted by Crippen LogP contribution is 2.09. The number of carbonyl (C=O) groups excluding carboxylic acids is 2. The van der Waals surface area contributed by atoms with E-state index in [9.17, 15) is 9.59 Å². The Morgan fingerprint density at radius 2 is 1.86 bits per heavy atom. The number of aldehydes is 2.